The number of rotatable bonds is 6. The van der Waals surface area contributed by atoms with E-state index < -0.39 is 47.8 Å². The molecule has 156 valence electrons. The highest BCUT2D eigenvalue weighted by Crippen LogP contribution is 2.30. The summed E-state index contributed by atoms with van der Waals surface area (Å²) in [7, 11) is 0. The third kappa shape index (κ3) is 6.51. The molecule has 0 saturated carbocycles. The van der Waals surface area contributed by atoms with Gasteiger partial charge in [-0.3, -0.25) is 4.79 Å². The van der Waals surface area contributed by atoms with Crippen LogP contribution in [0, 0.1) is 0 Å². The molecule has 10 heteroatoms. The summed E-state index contributed by atoms with van der Waals surface area (Å²) in [6.45, 7) is 0. The minimum Gasteiger partial charge on any atom is -0.480 e. The Morgan fingerprint density at radius 1 is 0.862 bits per heavy atom. The van der Waals surface area contributed by atoms with Gasteiger partial charge in [-0.25, -0.2) is 4.79 Å². The molecule has 29 heavy (non-hydrogen) atoms. The molecule has 1 amide bonds. The highest BCUT2D eigenvalue weighted by Gasteiger charge is 2.31. The monoisotopic (exact) mass is 419 g/mol. The van der Waals surface area contributed by atoms with Gasteiger partial charge in [-0.15, -0.1) is 0 Å². The minimum atomic E-state index is -4.60. The molecule has 0 aliphatic heterocycles. The fraction of sp³-hybridized carbons (Fsp3) is 0.263. The second-order valence-electron chi connectivity index (χ2n) is 6.23. The van der Waals surface area contributed by atoms with E-state index in [2.05, 4.69) is 5.32 Å². The normalized spacial score (nSPS) is 13.0. The Kier molecular flexibility index (Phi) is 6.55. The van der Waals surface area contributed by atoms with Crippen LogP contribution in [0.3, 0.4) is 0 Å². The van der Waals surface area contributed by atoms with Gasteiger partial charge >= 0.3 is 18.3 Å². The summed E-state index contributed by atoms with van der Waals surface area (Å²) < 4.78 is 75.9. The van der Waals surface area contributed by atoms with Crippen LogP contribution in [-0.4, -0.2) is 23.0 Å². The average molecular weight is 419 g/mol. The number of hydrogen-bond donors (Lipinski definition) is 2. The molecular formula is C19H15F6NO3. The second kappa shape index (κ2) is 8.54. The zero-order chi connectivity index (χ0) is 21.8. The number of alkyl halides is 6. The smallest absolute Gasteiger partial charge is 0.416 e. The summed E-state index contributed by atoms with van der Waals surface area (Å²) in [6.07, 6.45) is -9.90. The SMILES string of the molecule is O=C(Cc1ccc(C(F)(F)F)cc1)N[C@H](Cc1cccc(C(F)(F)F)c1)C(=O)O. The van der Waals surface area contributed by atoms with Gasteiger partial charge in [-0.05, 0) is 29.3 Å². The topological polar surface area (TPSA) is 66.4 Å². The van der Waals surface area contributed by atoms with Crippen molar-refractivity contribution >= 4 is 11.9 Å². The van der Waals surface area contributed by atoms with Crippen LogP contribution in [0.25, 0.3) is 0 Å². The second-order valence-corrected chi connectivity index (χ2v) is 6.23. The summed E-state index contributed by atoms with van der Waals surface area (Å²) in [4.78, 5) is 23.4. The number of hydrogen-bond acceptors (Lipinski definition) is 2. The molecule has 2 aromatic rings. The molecule has 0 unspecified atom stereocenters. The quantitative estimate of drug-likeness (QED) is 0.694. The molecule has 0 heterocycles. The van der Waals surface area contributed by atoms with Crippen molar-refractivity contribution < 1.29 is 41.0 Å². The number of carbonyl (C=O) groups excluding carboxylic acids is 1. The van der Waals surface area contributed by atoms with Gasteiger partial charge in [0.05, 0.1) is 17.5 Å². The van der Waals surface area contributed by atoms with E-state index in [1.54, 1.807) is 0 Å². The largest absolute Gasteiger partial charge is 0.480 e. The average Bonchev–Trinajstić information content (AvgIpc) is 2.60. The van der Waals surface area contributed by atoms with Gasteiger partial charge in [-0.1, -0.05) is 30.3 Å². The number of carboxylic acids is 1. The summed E-state index contributed by atoms with van der Waals surface area (Å²) in [5.41, 5.74) is -1.56. The lowest BCUT2D eigenvalue weighted by Crippen LogP contribution is -2.43. The van der Waals surface area contributed by atoms with Crippen LogP contribution in [0.5, 0.6) is 0 Å². The molecule has 0 aliphatic carbocycles. The van der Waals surface area contributed by atoms with Crippen LogP contribution in [0.1, 0.15) is 22.3 Å². The van der Waals surface area contributed by atoms with Gasteiger partial charge in [0.15, 0.2) is 0 Å². The van der Waals surface area contributed by atoms with Crippen molar-refractivity contribution in [2.24, 2.45) is 0 Å². The van der Waals surface area contributed by atoms with E-state index in [-0.39, 0.29) is 17.5 Å². The summed E-state index contributed by atoms with van der Waals surface area (Å²) in [6, 6.07) is 6.31. The Balaban J connectivity index is 2.05. The lowest BCUT2D eigenvalue weighted by Gasteiger charge is -2.16. The van der Waals surface area contributed by atoms with Gasteiger partial charge in [-0.2, -0.15) is 26.3 Å². The van der Waals surface area contributed by atoms with Gasteiger partial charge in [0.25, 0.3) is 0 Å². The zero-order valence-corrected chi connectivity index (χ0v) is 14.6. The Morgan fingerprint density at radius 3 is 1.97 bits per heavy atom. The number of aliphatic carboxylic acids is 1. The van der Waals surface area contributed by atoms with E-state index in [1.807, 2.05) is 0 Å². The third-order valence-electron chi connectivity index (χ3n) is 3.97. The summed E-state index contributed by atoms with van der Waals surface area (Å²) in [5, 5.41) is 11.4. The molecule has 2 N–H and O–H groups in total. The number of carboxylic acid groups (broad SMARTS) is 1. The fourth-order valence-electron chi connectivity index (χ4n) is 2.55. The van der Waals surface area contributed by atoms with Gasteiger partial charge in [0.2, 0.25) is 5.91 Å². The maximum absolute atomic E-state index is 12.8. The van der Waals surface area contributed by atoms with Crippen LogP contribution in [0.2, 0.25) is 0 Å². The van der Waals surface area contributed by atoms with E-state index in [0.29, 0.717) is 0 Å². The fourth-order valence-corrected chi connectivity index (χ4v) is 2.55. The van der Waals surface area contributed by atoms with Crippen LogP contribution < -0.4 is 5.32 Å². The first-order valence-corrected chi connectivity index (χ1v) is 8.20. The van der Waals surface area contributed by atoms with Crippen LogP contribution in [-0.2, 0) is 34.8 Å². The van der Waals surface area contributed by atoms with Crippen molar-refractivity contribution in [3.05, 3.63) is 70.8 Å². The van der Waals surface area contributed by atoms with Gasteiger partial charge in [0.1, 0.15) is 6.04 Å². The molecular weight excluding hydrogens is 404 g/mol. The molecule has 0 radical (unpaired) electrons. The first-order chi connectivity index (χ1) is 13.4. The molecule has 0 saturated heterocycles. The molecule has 2 rings (SSSR count). The highest BCUT2D eigenvalue weighted by molar-refractivity contribution is 5.85. The lowest BCUT2D eigenvalue weighted by molar-refractivity contribution is -0.141. The predicted molar refractivity (Wildman–Crippen MR) is 89.9 cm³/mol. The Morgan fingerprint density at radius 2 is 1.45 bits per heavy atom. The zero-order valence-electron chi connectivity index (χ0n) is 14.6. The molecule has 0 fully saturated rings. The molecule has 1 atom stereocenters. The standard InChI is InChI=1S/C19H15F6NO3/c20-18(21,22)13-6-4-11(5-7-13)10-16(27)26-15(17(28)29)9-12-2-1-3-14(8-12)19(23,24)25/h1-8,15H,9-10H2,(H,26,27)(H,28,29)/t15-/m1/s1. The van der Waals surface area contributed by atoms with E-state index >= 15 is 0 Å². The molecule has 0 aromatic heterocycles. The van der Waals surface area contributed by atoms with Gasteiger partial charge < -0.3 is 10.4 Å². The first-order valence-electron chi connectivity index (χ1n) is 8.20. The maximum Gasteiger partial charge on any atom is 0.416 e. The molecule has 2 aromatic carbocycles. The molecule has 0 aliphatic rings. The van der Waals surface area contributed by atoms with Crippen molar-refractivity contribution in [3.63, 3.8) is 0 Å². The van der Waals surface area contributed by atoms with Crippen molar-refractivity contribution in [2.45, 2.75) is 31.2 Å². The minimum absolute atomic E-state index is 0.0575. The molecule has 0 spiro atoms. The number of amides is 1. The Bertz CT molecular complexity index is 875. The Hall–Kier alpha value is -3.04. The molecule has 4 nitrogen and oxygen atoms in total. The highest BCUT2D eigenvalue weighted by atomic mass is 19.4. The van der Waals surface area contributed by atoms with Crippen molar-refractivity contribution in [1.29, 1.82) is 0 Å². The van der Waals surface area contributed by atoms with E-state index in [0.717, 1.165) is 42.5 Å². The number of nitrogens with one attached hydrogen (secondary N) is 1. The maximum atomic E-state index is 12.8. The van der Waals surface area contributed by atoms with E-state index in [4.69, 9.17) is 0 Å². The van der Waals surface area contributed by atoms with Crippen LogP contribution in [0.15, 0.2) is 48.5 Å². The number of halogens is 6. The lowest BCUT2D eigenvalue weighted by atomic mass is 10.0. The van der Waals surface area contributed by atoms with E-state index in [9.17, 15) is 41.0 Å². The van der Waals surface area contributed by atoms with Crippen molar-refractivity contribution in [3.8, 4) is 0 Å². The number of carbonyl (C=O) groups is 2. The van der Waals surface area contributed by atoms with Crippen molar-refractivity contribution in [2.75, 3.05) is 0 Å². The number of benzene rings is 2. The summed E-state index contributed by atoms with van der Waals surface area (Å²) >= 11 is 0. The van der Waals surface area contributed by atoms with Crippen LogP contribution in [0.4, 0.5) is 26.3 Å². The predicted octanol–water partition coefficient (Wildman–Crippen LogP) is 4.08. The first kappa shape index (κ1) is 22.3. The van der Waals surface area contributed by atoms with Crippen molar-refractivity contribution in [1.82, 2.24) is 5.32 Å². The Labute approximate surface area is 161 Å². The third-order valence-corrected chi connectivity index (χ3v) is 3.97. The van der Waals surface area contributed by atoms with E-state index in [1.165, 1.54) is 6.07 Å². The summed E-state index contributed by atoms with van der Waals surface area (Å²) in [5.74, 6) is -2.24. The van der Waals surface area contributed by atoms with Crippen LogP contribution >= 0.6 is 0 Å². The molecule has 0 bridgehead atoms. The van der Waals surface area contributed by atoms with Gasteiger partial charge in [0, 0.05) is 6.42 Å².